The molecule has 1 fully saturated rings. The number of aliphatic carboxylic acids is 1. The molecule has 5 heterocycles. The summed E-state index contributed by atoms with van der Waals surface area (Å²) in [7, 11) is -3.06. The third kappa shape index (κ3) is 6.86. The van der Waals surface area contributed by atoms with E-state index in [4.69, 9.17) is 0 Å². The average molecular weight is 745 g/mol. The van der Waals surface area contributed by atoms with E-state index in [9.17, 15) is 32.7 Å². The second-order valence-corrected chi connectivity index (χ2v) is 13.7. The van der Waals surface area contributed by atoms with E-state index in [0.717, 1.165) is 29.2 Å². The van der Waals surface area contributed by atoms with Gasteiger partial charge in [-0.25, -0.2) is 32.6 Å². The zero-order valence-corrected chi connectivity index (χ0v) is 28.2. The van der Waals surface area contributed by atoms with E-state index in [1.165, 1.54) is 65.3 Å². The number of pyridine rings is 3. The second-order valence-electron chi connectivity index (χ2n) is 12.1. The number of sulfonamides is 1. The number of nitrogens with one attached hydrogen (secondary N) is 2. The number of benzene rings is 1. The summed E-state index contributed by atoms with van der Waals surface area (Å²) >= 11 is 0. The Kier molecular flexibility index (Phi) is 8.82. The highest BCUT2D eigenvalue weighted by Crippen LogP contribution is 2.38. The normalized spacial score (nSPS) is 13.5. The van der Waals surface area contributed by atoms with Gasteiger partial charge in [-0.1, -0.05) is 5.21 Å². The molecule has 270 valence electrons. The van der Waals surface area contributed by atoms with Crippen LogP contribution in [0.4, 0.5) is 14.5 Å². The van der Waals surface area contributed by atoms with Gasteiger partial charge in [-0.2, -0.15) is 8.42 Å². The fourth-order valence-corrected chi connectivity index (χ4v) is 6.46. The minimum absolute atomic E-state index is 0.0871. The van der Waals surface area contributed by atoms with E-state index >= 15 is 8.78 Å². The predicted octanol–water partition coefficient (Wildman–Crippen LogP) is 1.84. The summed E-state index contributed by atoms with van der Waals surface area (Å²) in [5, 5.41) is 19.7. The molecule has 17 nitrogen and oxygen atoms in total. The molecule has 0 bridgehead atoms. The molecule has 1 atom stereocenters. The summed E-state index contributed by atoms with van der Waals surface area (Å²) in [4.78, 5) is 63.0. The maximum Gasteiger partial charge on any atom is 0.335 e. The number of anilines is 1. The van der Waals surface area contributed by atoms with Crippen molar-refractivity contribution in [2.24, 2.45) is 7.05 Å². The molecule has 0 spiro atoms. The number of aromatic nitrogens is 8. The van der Waals surface area contributed by atoms with Gasteiger partial charge in [0.1, 0.15) is 17.7 Å². The molecule has 0 saturated heterocycles. The largest absolute Gasteiger partial charge is 0.480 e. The Balaban J connectivity index is 1.04. The maximum absolute atomic E-state index is 15.1. The number of halogens is 2. The smallest absolute Gasteiger partial charge is 0.335 e. The number of nitrogens with zero attached hydrogens (tertiary/aromatic N) is 8. The number of hydrogen-bond acceptors (Lipinski definition) is 11. The molecule has 1 aromatic carbocycles. The van der Waals surface area contributed by atoms with Crippen LogP contribution in [0.2, 0.25) is 0 Å². The summed E-state index contributed by atoms with van der Waals surface area (Å²) in [6, 6.07) is 5.88. The van der Waals surface area contributed by atoms with Crippen LogP contribution in [-0.4, -0.2) is 70.5 Å². The highest BCUT2D eigenvalue weighted by atomic mass is 32.2. The monoisotopic (exact) mass is 744 g/mol. The quantitative estimate of drug-likeness (QED) is 0.173. The SMILES string of the molecule is Cn1c(=O)n(-c2ccc(C[C@H](NC(=O)c3cc(F)c(NS(=O)(=O)c4ccc(-n5cc(C6CC6)nn5)cn4)cc3F)C(=O)O)nc2)c(=O)c2ccncc21. The fourth-order valence-electron chi connectivity index (χ4n) is 5.47. The van der Waals surface area contributed by atoms with Crippen molar-refractivity contribution < 1.29 is 31.9 Å². The summed E-state index contributed by atoms with van der Waals surface area (Å²) in [6.45, 7) is 0. The molecule has 1 saturated carbocycles. The summed E-state index contributed by atoms with van der Waals surface area (Å²) < 4.78 is 61.6. The molecular weight excluding hydrogens is 718 g/mol. The van der Waals surface area contributed by atoms with Gasteiger partial charge >= 0.3 is 11.7 Å². The summed E-state index contributed by atoms with van der Waals surface area (Å²) in [5.41, 5.74) is -1.28. The number of carbonyl (C=O) groups excluding carboxylic acids is 1. The Labute approximate surface area is 296 Å². The van der Waals surface area contributed by atoms with E-state index in [1.54, 1.807) is 6.20 Å². The standard InChI is InChI=1S/C33H26F2N10O7S/c1-43-28-15-36-9-8-21(28)31(47)45(33(43)50)20-5-4-18(37-14-20)10-26(32(48)49)39-30(46)22-11-24(35)25(12-23(22)34)41-53(51,52)29-7-6-19(13-38-29)44-16-27(40-42-44)17-2-3-17/h4-9,11-17,26,41H,2-3,10H2,1H3,(H,39,46)(H,48,49)/t26-/m0/s1. The Morgan fingerprint density at radius 2 is 1.75 bits per heavy atom. The molecule has 0 aliphatic heterocycles. The van der Waals surface area contributed by atoms with Crippen LogP contribution in [0.5, 0.6) is 0 Å². The van der Waals surface area contributed by atoms with Gasteiger partial charge in [0.25, 0.3) is 21.5 Å². The maximum atomic E-state index is 15.1. The summed E-state index contributed by atoms with van der Waals surface area (Å²) in [6.07, 6.45) is 8.50. The van der Waals surface area contributed by atoms with Crippen molar-refractivity contribution in [3.05, 3.63) is 123 Å². The van der Waals surface area contributed by atoms with Crippen LogP contribution >= 0.6 is 0 Å². The molecule has 20 heteroatoms. The molecular formula is C33H26F2N10O7S. The number of hydrogen-bond donors (Lipinski definition) is 3. The Morgan fingerprint density at radius 3 is 2.43 bits per heavy atom. The first-order valence-corrected chi connectivity index (χ1v) is 17.2. The van der Waals surface area contributed by atoms with Crippen molar-refractivity contribution in [3.8, 4) is 11.4 Å². The average Bonchev–Trinajstić information content (AvgIpc) is 3.88. The van der Waals surface area contributed by atoms with Crippen molar-refractivity contribution in [1.82, 2.24) is 44.4 Å². The highest BCUT2D eigenvalue weighted by molar-refractivity contribution is 7.92. The molecule has 0 unspecified atom stereocenters. The van der Waals surface area contributed by atoms with Gasteiger partial charge in [-0.05, 0) is 49.2 Å². The Morgan fingerprint density at radius 1 is 1.00 bits per heavy atom. The topological polar surface area (TPSA) is 226 Å². The number of aryl methyl sites for hydroxylation is 1. The van der Waals surface area contributed by atoms with Gasteiger partial charge < -0.3 is 10.4 Å². The minimum atomic E-state index is -4.52. The number of amides is 1. The van der Waals surface area contributed by atoms with Gasteiger partial charge in [0, 0.05) is 37.3 Å². The van der Waals surface area contributed by atoms with Crippen LogP contribution < -0.4 is 21.3 Å². The molecule has 1 aliphatic rings. The first kappa shape index (κ1) is 34.7. The van der Waals surface area contributed by atoms with E-state index in [-0.39, 0.29) is 16.8 Å². The Bertz CT molecular complexity index is 2660. The zero-order valence-electron chi connectivity index (χ0n) is 27.3. The molecule has 5 aromatic heterocycles. The van der Waals surface area contributed by atoms with Crippen molar-refractivity contribution in [2.75, 3.05) is 4.72 Å². The van der Waals surface area contributed by atoms with Gasteiger partial charge in [0.05, 0.1) is 64.0 Å². The molecule has 0 radical (unpaired) electrons. The van der Waals surface area contributed by atoms with Crippen LogP contribution in [0.15, 0.2) is 88.1 Å². The van der Waals surface area contributed by atoms with Gasteiger partial charge in [0.15, 0.2) is 5.03 Å². The second kappa shape index (κ2) is 13.5. The van der Waals surface area contributed by atoms with Gasteiger partial charge in [-0.15, -0.1) is 5.10 Å². The summed E-state index contributed by atoms with van der Waals surface area (Å²) in [5.74, 6) is -5.18. The molecule has 7 rings (SSSR count). The number of rotatable bonds is 11. The highest BCUT2D eigenvalue weighted by Gasteiger charge is 2.28. The third-order valence-corrected chi connectivity index (χ3v) is 9.75. The zero-order chi connectivity index (χ0) is 37.6. The van der Waals surface area contributed by atoms with E-state index in [1.807, 2.05) is 4.72 Å². The number of carboxylic acids is 1. The molecule has 3 N–H and O–H groups in total. The Hall–Kier alpha value is -6.70. The first-order chi connectivity index (χ1) is 25.3. The lowest BCUT2D eigenvalue weighted by Gasteiger charge is -2.16. The van der Waals surface area contributed by atoms with E-state index in [2.05, 4.69) is 30.6 Å². The predicted molar refractivity (Wildman–Crippen MR) is 181 cm³/mol. The fraction of sp³-hybridized carbons (Fsp3) is 0.182. The number of carbonyl (C=O) groups is 2. The number of carboxylic acid groups (broad SMARTS) is 1. The molecule has 1 aliphatic carbocycles. The minimum Gasteiger partial charge on any atom is -0.480 e. The first-order valence-electron chi connectivity index (χ1n) is 15.8. The van der Waals surface area contributed by atoms with Crippen LogP contribution in [0.1, 0.15) is 40.5 Å². The lowest BCUT2D eigenvalue weighted by atomic mass is 10.1. The van der Waals surface area contributed by atoms with E-state index < -0.39 is 73.5 Å². The molecule has 1 amide bonds. The van der Waals surface area contributed by atoms with Gasteiger partial charge in [0.2, 0.25) is 0 Å². The van der Waals surface area contributed by atoms with E-state index in [0.29, 0.717) is 29.3 Å². The molecule has 6 aromatic rings. The molecule has 53 heavy (non-hydrogen) atoms. The van der Waals surface area contributed by atoms with Crippen molar-refractivity contribution in [1.29, 1.82) is 0 Å². The number of fused-ring (bicyclic) bond motifs is 1. The van der Waals surface area contributed by atoms with Crippen LogP contribution in [0.25, 0.3) is 22.3 Å². The van der Waals surface area contributed by atoms with Crippen LogP contribution in [-0.2, 0) is 28.3 Å². The van der Waals surface area contributed by atoms with Crippen molar-refractivity contribution in [3.63, 3.8) is 0 Å². The van der Waals surface area contributed by atoms with Crippen LogP contribution in [0, 0.1) is 11.6 Å². The third-order valence-electron chi connectivity index (χ3n) is 8.47. The lowest BCUT2D eigenvalue weighted by molar-refractivity contribution is -0.139. The van der Waals surface area contributed by atoms with Crippen molar-refractivity contribution in [2.45, 2.75) is 36.2 Å². The van der Waals surface area contributed by atoms with Crippen molar-refractivity contribution >= 4 is 38.5 Å². The van der Waals surface area contributed by atoms with Gasteiger partial charge in [-0.3, -0.25) is 28.8 Å². The van der Waals surface area contributed by atoms with Crippen LogP contribution in [0.3, 0.4) is 0 Å². The lowest BCUT2D eigenvalue weighted by Crippen LogP contribution is -2.42.